The summed E-state index contributed by atoms with van der Waals surface area (Å²) in [6.45, 7) is 0. The molecule has 0 saturated heterocycles. The molecule has 0 N–H and O–H groups in total. The fourth-order valence-corrected chi connectivity index (χ4v) is 7.10. The average Bonchev–Trinajstić information content (AvgIpc) is 2.44. The van der Waals surface area contributed by atoms with Crippen LogP contribution in [0.4, 0.5) is 0 Å². The molecule has 0 spiro atoms. The van der Waals surface area contributed by atoms with Crippen LogP contribution >= 0.6 is 11.6 Å². The Morgan fingerprint density at radius 2 is 1.67 bits per heavy atom. The van der Waals surface area contributed by atoms with Crippen molar-refractivity contribution < 1.29 is 4.79 Å². The second kappa shape index (κ2) is 4.88. The summed E-state index contributed by atoms with van der Waals surface area (Å²) in [6.07, 6.45) is 13.2. The third-order valence-corrected chi connectivity index (χ3v) is 7.33. The fraction of sp³-hybridized carbons (Fsp3) is 0.944. The molecule has 5 aliphatic rings. The highest BCUT2D eigenvalue weighted by Gasteiger charge is 2.60. The minimum Gasteiger partial charge on any atom is -0.342 e. The van der Waals surface area contributed by atoms with Crippen LogP contribution in [0, 0.1) is 17.3 Å². The summed E-state index contributed by atoms with van der Waals surface area (Å²) in [6, 6.07) is 0.491. The van der Waals surface area contributed by atoms with Crippen LogP contribution in [0.25, 0.3) is 0 Å². The summed E-state index contributed by atoms with van der Waals surface area (Å²) in [4.78, 5) is 15.4. The third-order valence-electron chi connectivity index (χ3n) is 6.89. The zero-order valence-electron chi connectivity index (χ0n) is 13.2. The maximum absolute atomic E-state index is 13.3. The molecule has 2 nitrogen and oxygen atoms in total. The van der Waals surface area contributed by atoms with Gasteiger partial charge in [0.25, 0.3) is 0 Å². The first-order chi connectivity index (χ1) is 10.00. The molecule has 5 rings (SSSR count). The number of carbonyl (C=O) groups excluding carboxylic acids is 1. The maximum atomic E-state index is 13.3. The number of nitrogens with zero attached hydrogens (tertiary/aromatic N) is 1. The summed E-state index contributed by atoms with van der Waals surface area (Å²) in [5.74, 6) is 1.87. The van der Waals surface area contributed by atoms with Crippen molar-refractivity contribution >= 4 is 17.5 Å². The fourth-order valence-electron chi connectivity index (χ4n) is 6.41. The zero-order chi connectivity index (χ0) is 14.7. The van der Waals surface area contributed by atoms with E-state index in [1.54, 1.807) is 0 Å². The Balaban J connectivity index is 1.55. The molecular formula is C18H28ClNO. The van der Waals surface area contributed by atoms with Gasteiger partial charge < -0.3 is 4.90 Å². The van der Waals surface area contributed by atoms with E-state index in [0.29, 0.717) is 23.8 Å². The maximum Gasteiger partial charge on any atom is 0.228 e. The molecule has 118 valence electrons. The third kappa shape index (κ3) is 2.33. The van der Waals surface area contributed by atoms with Crippen LogP contribution in [0.2, 0.25) is 0 Å². The van der Waals surface area contributed by atoms with Crippen molar-refractivity contribution in [1.82, 2.24) is 4.90 Å². The van der Waals surface area contributed by atoms with Crippen LogP contribution in [0.1, 0.15) is 70.6 Å². The molecule has 0 radical (unpaired) electrons. The van der Waals surface area contributed by atoms with Gasteiger partial charge in [0.2, 0.25) is 5.91 Å². The molecule has 5 saturated carbocycles. The SMILES string of the molecule is CN(C(=O)C12CC3CC(CC(Cl)(C3)C1)C2)C1CCCCC1. The Labute approximate surface area is 133 Å². The molecule has 0 aromatic heterocycles. The van der Waals surface area contributed by atoms with Crippen LogP contribution in [-0.4, -0.2) is 28.8 Å². The first-order valence-electron chi connectivity index (χ1n) is 8.96. The molecule has 5 aliphatic carbocycles. The number of amides is 1. The highest BCUT2D eigenvalue weighted by Crippen LogP contribution is 2.64. The van der Waals surface area contributed by atoms with Gasteiger partial charge in [-0.3, -0.25) is 4.79 Å². The normalized spacial score (nSPS) is 45.8. The zero-order valence-corrected chi connectivity index (χ0v) is 14.0. The van der Waals surface area contributed by atoms with E-state index < -0.39 is 0 Å². The summed E-state index contributed by atoms with van der Waals surface area (Å²) >= 11 is 6.88. The van der Waals surface area contributed by atoms with Crippen molar-refractivity contribution in [3.8, 4) is 0 Å². The van der Waals surface area contributed by atoms with Crippen molar-refractivity contribution in [3.05, 3.63) is 0 Å². The number of rotatable bonds is 2. The van der Waals surface area contributed by atoms with E-state index in [9.17, 15) is 4.79 Å². The molecule has 5 fully saturated rings. The van der Waals surface area contributed by atoms with E-state index in [2.05, 4.69) is 11.9 Å². The summed E-state index contributed by atoms with van der Waals surface area (Å²) in [5, 5.41) is 0. The first kappa shape index (κ1) is 14.4. The molecule has 0 aromatic carbocycles. The Kier molecular flexibility index (Phi) is 3.33. The van der Waals surface area contributed by atoms with E-state index in [1.165, 1.54) is 38.5 Å². The molecule has 1 amide bonds. The summed E-state index contributed by atoms with van der Waals surface area (Å²) < 4.78 is 0. The van der Waals surface area contributed by atoms with Crippen molar-refractivity contribution in [2.75, 3.05) is 7.05 Å². The van der Waals surface area contributed by atoms with Gasteiger partial charge in [-0.15, -0.1) is 11.6 Å². The first-order valence-corrected chi connectivity index (χ1v) is 9.34. The molecule has 4 bridgehead atoms. The van der Waals surface area contributed by atoms with Gasteiger partial charge in [-0.25, -0.2) is 0 Å². The predicted molar refractivity (Wildman–Crippen MR) is 85.3 cm³/mol. The van der Waals surface area contributed by atoms with Crippen molar-refractivity contribution in [3.63, 3.8) is 0 Å². The van der Waals surface area contributed by atoms with Crippen LogP contribution < -0.4 is 0 Å². The average molecular weight is 310 g/mol. The molecule has 0 aromatic rings. The van der Waals surface area contributed by atoms with Crippen molar-refractivity contribution in [2.24, 2.45) is 17.3 Å². The van der Waals surface area contributed by atoms with Gasteiger partial charge in [0.15, 0.2) is 0 Å². The van der Waals surface area contributed by atoms with Gasteiger partial charge in [-0.1, -0.05) is 19.3 Å². The lowest BCUT2D eigenvalue weighted by Crippen LogP contribution is -2.59. The Bertz CT molecular complexity index is 428. The van der Waals surface area contributed by atoms with E-state index >= 15 is 0 Å². The van der Waals surface area contributed by atoms with Crippen LogP contribution in [0.3, 0.4) is 0 Å². The highest BCUT2D eigenvalue weighted by molar-refractivity contribution is 6.24. The van der Waals surface area contributed by atoms with Crippen LogP contribution in [0.5, 0.6) is 0 Å². The van der Waals surface area contributed by atoms with Crippen LogP contribution in [0.15, 0.2) is 0 Å². The van der Waals surface area contributed by atoms with E-state index in [-0.39, 0.29) is 10.3 Å². The van der Waals surface area contributed by atoms with Gasteiger partial charge >= 0.3 is 0 Å². The molecule has 0 heterocycles. The Morgan fingerprint density at radius 1 is 1.05 bits per heavy atom. The monoisotopic (exact) mass is 309 g/mol. The molecule has 3 heteroatoms. The number of hydrogen-bond acceptors (Lipinski definition) is 1. The Morgan fingerprint density at radius 3 is 2.24 bits per heavy atom. The van der Waals surface area contributed by atoms with E-state index in [1.807, 2.05) is 0 Å². The van der Waals surface area contributed by atoms with Crippen molar-refractivity contribution in [2.45, 2.75) is 81.5 Å². The smallest absolute Gasteiger partial charge is 0.228 e. The summed E-state index contributed by atoms with van der Waals surface area (Å²) in [5.41, 5.74) is -0.0992. The van der Waals surface area contributed by atoms with Crippen LogP contribution in [-0.2, 0) is 4.79 Å². The number of carbonyl (C=O) groups is 1. The lowest BCUT2D eigenvalue weighted by Gasteiger charge is -2.60. The molecule has 2 atom stereocenters. The standard InChI is InChI=1S/C18H28ClNO/c1-20(15-5-3-2-4-6-15)16(21)17-8-13-7-14(9-17)11-18(19,10-13)12-17/h13-15H,2-12H2,1H3. The Hall–Kier alpha value is -0.240. The van der Waals surface area contributed by atoms with Gasteiger partial charge in [-0.05, 0) is 63.2 Å². The number of halogens is 1. The number of hydrogen-bond donors (Lipinski definition) is 0. The lowest BCUT2D eigenvalue weighted by molar-refractivity contribution is -0.157. The largest absolute Gasteiger partial charge is 0.342 e. The number of alkyl halides is 1. The molecule has 21 heavy (non-hydrogen) atoms. The van der Waals surface area contributed by atoms with Gasteiger partial charge in [0.05, 0.1) is 5.41 Å². The topological polar surface area (TPSA) is 20.3 Å². The molecule has 0 aliphatic heterocycles. The van der Waals surface area contributed by atoms with Crippen molar-refractivity contribution in [1.29, 1.82) is 0 Å². The second-order valence-electron chi connectivity index (χ2n) is 8.60. The quantitative estimate of drug-likeness (QED) is 0.694. The van der Waals surface area contributed by atoms with E-state index in [4.69, 9.17) is 11.6 Å². The van der Waals surface area contributed by atoms with Gasteiger partial charge in [-0.2, -0.15) is 0 Å². The summed E-state index contributed by atoms with van der Waals surface area (Å²) in [7, 11) is 2.07. The molecule has 2 unspecified atom stereocenters. The van der Waals surface area contributed by atoms with E-state index in [0.717, 1.165) is 32.1 Å². The van der Waals surface area contributed by atoms with Gasteiger partial charge in [0.1, 0.15) is 0 Å². The highest BCUT2D eigenvalue weighted by atomic mass is 35.5. The predicted octanol–water partition coefficient (Wildman–Crippen LogP) is 4.36. The van der Waals surface area contributed by atoms with Gasteiger partial charge in [0, 0.05) is 18.0 Å². The lowest BCUT2D eigenvalue weighted by atomic mass is 9.49. The minimum atomic E-state index is -0.0992. The second-order valence-corrected chi connectivity index (χ2v) is 9.40. The minimum absolute atomic E-state index is 0.0485. The molecular weight excluding hydrogens is 282 g/mol.